The van der Waals surface area contributed by atoms with Crippen LogP contribution in [0.15, 0.2) is 60.7 Å². The predicted octanol–water partition coefficient (Wildman–Crippen LogP) is 4.16. The van der Waals surface area contributed by atoms with Gasteiger partial charge in [-0.05, 0) is 50.2 Å². The van der Waals surface area contributed by atoms with Crippen LogP contribution in [-0.4, -0.2) is 38.4 Å². The van der Waals surface area contributed by atoms with Crippen molar-refractivity contribution in [3.05, 3.63) is 82.9 Å². The van der Waals surface area contributed by atoms with Crippen molar-refractivity contribution in [2.75, 3.05) is 0 Å². The zero-order valence-corrected chi connectivity index (χ0v) is 17.1. The summed E-state index contributed by atoms with van der Waals surface area (Å²) in [5.41, 5.74) is 4.42. The molecule has 2 amide bonds. The van der Waals surface area contributed by atoms with E-state index in [1.807, 2.05) is 42.7 Å². The van der Waals surface area contributed by atoms with Crippen molar-refractivity contribution >= 4 is 39.6 Å². The largest absolute Gasteiger partial charge is 0.480 e. The molecule has 1 atom stereocenters. The summed E-state index contributed by atoms with van der Waals surface area (Å²) in [6.07, 6.45) is 0. The molecule has 5 rings (SSSR count). The number of carboxylic acids is 1. The molecule has 31 heavy (non-hydrogen) atoms. The lowest BCUT2D eigenvalue weighted by atomic mass is 10.1. The van der Waals surface area contributed by atoms with E-state index in [0.29, 0.717) is 0 Å². The number of carbonyl (C=O) groups is 3. The number of aliphatic carboxylic acids is 1. The van der Waals surface area contributed by atoms with Gasteiger partial charge in [0.2, 0.25) is 0 Å². The molecule has 0 saturated carbocycles. The van der Waals surface area contributed by atoms with Gasteiger partial charge < -0.3 is 9.67 Å². The van der Waals surface area contributed by atoms with Gasteiger partial charge >= 0.3 is 5.97 Å². The quantitative estimate of drug-likeness (QED) is 0.511. The zero-order valence-electron chi connectivity index (χ0n) is 17.1. The molecule has 0 fully saturated rings. The lowest BCUT2D eigenvalue weighted by molar-refractivity contribution is -0.142. The number of hydrogen-bond acceptors (Lipinski definition) is 3. The molecule has 1 aromatic heterocycles. The Hall–Kier alpha value is -3.93. The lowest BCUT2D eigenvalue weighted by Gasteiger charge is -2.24. The molecule has 0 bridgehead atoms. The van der Waals surface area contributed by atoms with Crippen LogP contribution in [0.1, 0.15) is 31.8 Å². The van der Waals surface area contributed by atoms with Gasteiger partial charge in [0.15, 0.2) is 6.04 Å². The van der Waals surface area contributed by atoms with E-state index in [9.17, 15) is 19.5 Å². The summed E-state index contributed by atoms with van der Waals surface area (Å²) in [7, 11) is 0. The normalized spacial score (nSPS) is 14.5. The summed E-state index contributed by atoms with van der Waals surface area (Å²) in [5, 5.41) is 12.1. The highest BCUT2D eigenvalue weighted by Crippen LogP contribution is 2.32. The number of carbonyl (C=O) groups excluding carboxylic acids is 2. The first-order chi connectivity index (χ1) is 14.9. The molecule has 6 heteroatoms. The van der Waals surface area contributed by atoms with Crippen molar-refractivity contribution in [1.82, 2.24) is 9.47 Å². The summed E-state index contributed by atoms with van der Waals surface area (Å²) in [5.74, 6) is -2.36. The van der Waals surface area contributed by atoms with Crippen molar-refractivity contribution in [3.63, 3.8) is 0 Å². The first-order valence-corrected chi connectivity index (χ1v) is 10.1. The molecule has 4 aromatic rings. The Morgan fingerprint density at radius 3 is 1.77 bits per heavy atom. The van der Waals surface area contributed by atoms with Gasteiger partial charge in [0.1, 0.15) is 0 Å². The van der Waals surface area contributed by atoms with Gasteiger partial charge in [-0.2, -0.15) is 0 Å². The Kier molecular flexibility index (Phi) is 4.18. The monoisotopic (exact) mass is 412 g/mol. The van der Waals surface area contributed by atoms with Gasteiger partial charge in [-0.25, -0.2) is 4.79 Å². The second-order valence-corrected chi connectivity index (χ2v) is 8.03. The molecule has 0 saturated heterocycles. The smallest absolute Gasteiger partial charge is 0.328 e. The minimum absolute atomic E-state index is 0.0348. The molecule has 2 heterocycles. The molecule has 3 aromatic carbocycles. The van der Waals surface area contributed by atoms with Crippen LogP contribution in [0.4, 0.5) is 0 Å². The Morgan fingerprint density at radius 2 is 1.32 bits per heavy atom. The zero-order chi connectivity index (χ0) is 21.9. The van der Waals surface area contributed by atoms with Crippen molar-refractivity contribution in [3.8, 4) is 0 Å². The standard InChI is InChI=1S/C25H20N2O4/c1-14-7-9-20-18(11-14)19-12-15(2)8-10-21(19)26(20)13-22(25(30)31)27-23(28)16-5-3-4-6-17(16)24(27)29/h3-12,22H,13H2,1-2H3,(H,30,31). The minimum Gasteiger partial charge on any atom is -0.480 e. The first kappa shape index (κ1) is 19.1. The third-order valence-electron chi connectivity index (χ3n) is 5.95. The number of rotatable bonds is 4. The maximum Gasteiger partial charge on any atom is 0.328 e. The van der Waals surface area contributed by atoms with Crippen molar-refractivity contribution < 1.29 is 19.5 Å². The van der Waals surface area contributed by atoms with Crippen LogP contribution in [0.3, 0.4) is 0 Å². The van der Waals surface area contributed by atoms with E-state index in [1.165, 1.54) is 0 Å². The third-order valence-corrected chi connectivity index (χ3v) is 5.95. The first-order valence-electron chi connectivity index (χ1n) is 10.1. The number of aromatic nitrogens is 1. The number of nitrogens with zero attached hydrogens (tertiary/aromatic N) is 2. The Bertz CT molecular complexity index is 1320. The van der Waals surface area contributed by atoms with E-state index in [4.69, 9.17) is 0 Å². The summed E-state index contributed by atoms with van der Waals surface area (Å²) in [6.45, 7) is 3.99. The fourth-order valence-corrected chi connectivity index (χ4v) is 4.46. The van der Waals surface area contributed by atoms with Crippen LogP contribution >= 0.6 is 0 Å². The number of aryl methyl sites for hydroxylation is 2. The Labute approximate surface area is 178 Å². The fourth-order valence-electron chi connectivity index (χ4n) is 4.46. The highest BCUT2D eigenvalue weighted by Gasteiger charge is 2.43. The Morgan fingerprint density at radius 1 is 0.839 bits per heavy atom. The summed E-state index contributed by atoms with van der Waals surface area (Å²) in [4.78, 5) is 39.0. The lowest BCUT2D eigenvalue weighted by Crippen LogP contribution is -2.47. The van der Waals surface area contributed by atoms with E-state index in [-0.39, 0.29) is 17.7 Å². The van der Waals surface area contributed by atoms with E-state index in [2.05, 4.69) is 12.1 Å². The molecule has 1 N–H and O–H groups in total. The van der Waals surface area contributed by atoms with Gasteiger partial charge in [-0.3, -0.25) is 14.5 Å². The van der Waals surface area contributed by atoms with Gasteiger partial charge in [0.05, 0.1) is 17.7 Å². The second kappa shape index (κ2) is 6.80. The van der Waals surface area contributed by atoms with Crippen molar-refractivity contribution in [2.24, 2.45) is 0 Å². The van der Waals surface area contributed by atoms with Gasteiger partial charge in [0, 0.05) is 21.8 Å². The van der Waals surface area contributed by atoms with Crippen LogP contribution in [0.5, 0.6) is 0 Å². The summed E-state index contributed by atoms with van der Waals surface area (Å²) in [6, 6.07) is 17.1. The molecule has 154 valence electrons. The van der Waals surface area contributed by atoms with E-state index < -0.39 is 23.8 Å². The van der Waals surface area contributed by atoms with Crippen molar-refractivity contribution in [1.29, 1.82) is 0 Å². The number of imide groups is 1. The molecule has 0 radical (unpaired) electrons. The highest BCUT2D eigenvalue weighted by atomic mass is 16.4. The molecule has 0 aliphatic carbocycles. The summed E-state index contributed by atoms with van der Waals surface area (Å²) >= 11 is 0. The number of amides is 2. The predicted molar refractivity (Wildman–Crippen MR) is 117 cm³/mol. The van der Waals surface area contributed by atoms with E-state index in [1.54, 1.807) is 24.3 Å². The molecule has 0 spiro atoms. The van der Waals surface area contributed by atoms with E-state index in [0.717, 1.165) is 37.8 Å². The molecule has 6 nitrogen and oxygen atoms in total. The SMILES string of the molecule is Cc1ccc2c(c1)c1cc(C)ccc1n2CC(C(=O)O)N1C(=O)c2ccccc2C1=O. The second-order valence-electron chi connectivity index (χ2n) is 8.03. The molecule has 1 aliphatic heterocycles. The maximum absolute atomic E-state index is 12.9. The average Bonchev–Trinajstić information content (AvgIpc) is 3.17. The fraction of sp³-hybridized carbons (Fsp3) is 0.160. The average molecular weight is 412 g/mol. The summed E-state index contributed by atoms with van der Waals surface area (Å²) < 4.78 is 1.89. The number of hydrogen-bond donors (Lipinski definition) is 1. The number of fused-ring (bicyclic) bond motifs is 4. The molecular formula is C25H20N2O4. The van der Waals surface area contributed by atoms with Gasteiger partial charge in [0.25, 0.3) is 11.8 Å². The van der Waals surface area contributed by atoms with Crippen LogP contribution in [0, 0.1) is 13.8 Å². The molecule has 1 aliphatic rings. The number of benzene rings is 3. The van der Waals surface area contributed by atoms with Gasteiger partial charge in [-0.1, -0.05) is 35.4 Å². The highest BCUT2D eigenvalue weighted by molar-refractivity contribution is 6.22. The van der Waals surface area contributed by atoms with Crippen LogP contribution in [0.2, 0.25) is 0 Å². The molecular weight excluding hydrogens is 392 g/mol. The maximum atomic E-state index is 12.9. The number of carboxylic acid groups (broad SMARTS) is 1. The third kappa shape index (κ3) is 2.83. The van der Waals surface area contributed by atoms with Crippen LogP contribution in [-0.2, 0) is 11.3 Å². The van der Waals surface area contributed by atoms with Gasteiger partial charge in [-0.15, -0.1) is 0 Å². The van der Waals surface area contributed by atoms with Crippen LogP contribution < -0.4 is 0 Å². The van der Waals surface area contributed by atoms with Crippen molar-refractivity contribution in [2.45, 2.75) is 26.4 Å². The van der Waals surface area contributed by atoms with E-state index >= 15 is 0 Å². The molecule has 1 unspecified atom stereocenters. The minimum atomic E-state index is -1.33. The van der Waals surface area contributed by atoms with Crippen LogP contribution in [0.25, 0.3) is 21.8 Å². The Balaban J connectivity index is 1.66. The topological polar surface area (TPSA) is 79.6 Å².